The van der Waals surface area contributed by atoms with E-state index in [-0.39, 0.29) is 18.1 Å². The molecule has 2 heterocycles. The monoisotopic (exact) mass is 478 g/mol. The third-order valence-corrected chi connectivity index (χ3v) is 6.01. The van der Waals surface area contributed by atoms with Crippen LogP contribution in [0.5, 0.6) is 0 Å². The first kappa shape index (κ1) is 22.9. The van der Waals surface area contributed by atoms with Crippen LogP contribution < -0.4 is 21.9 Å². The van der Waals surface area contributed by atoms with E-state index in [1.807, 2.05) is 102 Å². The smallest absolute Gasteiger partial charge is 0.330 e. The van der Waals surface area contributed by atoms with Gasteiger partial charge in [0.2, 0.25) is 0 Å². The van der Waals surface area contributed by atoms with Crippen LogP contribution in [0.25, 0.3) is 5.69 Å². The van der Waals surface area contributed by atoms with Crippen molar-refractivity contribution >= 4 is 11.5 Å². The minimum atomic E-state index is -0.534. The van der Waals surface area contributed by atoms with Crippen molar-refractivity contribution in [1.29, 1.82) is 0 Å². The predicted molar refractivity (Wildman–Crippen MR) is 141 cm³/mol. The van der Waals surface area contributed by atoms with Crippen LogP contribution in [0.1, 0.15) is 16.7 Å². The fraction of sp³-hybridized carbons (Fsp3) is 0.107. The number of rotatable bonds is 8. The Bertz CT molecular complexity index is 1540. The summed E-state index contributed by atoms with van der Waals surface area (Å²) in [7, 11) is 0. The molecule has 8 nitrogen and oxygen atoms in total. The van der Waals surface area contributed by atoms with Crippen molar-refractivity contribution in [1.82, 2.24) is 19.3 Å². The van der Waals surface area contributed by atoms with Crippen molar-refractivity contribution in [3.05, 3.63) is 141 Å². The number of aromatic amines is 1. The van der Waals surface area contributed by atoms with Gasteiger partial charge in [0.1, 0.15) is 11.5 Å². The molecule has 0 saturated heterocycles. The van der Waals surface area contributed by atoms with Crippen LogP contribution in [0, 0.1) is 0 Å². The molecular weight excluding hydrogens is 452 g/mol. The average molecular weight is 479 g/mol. The maximum absolute atomic E-state index is 13.1. The van der Waals surface area contributed by atoms with E-state index in [2.05, 4.69) is 10.1 Å². The Hall–Kier alpha value is -4.85. The minimum absolute atomic E-state index is 0.136. The third kappa shape index (κ3) is 4.97. The Morgan fingerprint density at radius 3 is 2.00 bits per heavy atom. The number of hydrogen-bond donors (Lipinski definition) is 2. The summed E-state index contributed by atoms with van der Waals surface area (Å²) in [6.45, 7) is 1.12. The van der Waals surface area contributed by atoms with E-state index < -0.39 is 11.2 Å². The van der Waals surface area contributed by atoms with Crippen molar-refractivity contribution in [3.8, 4) is 5.69 Å². The molecule has 0 radical (unpaired) electrons. The number of benzene rings is 3. The van der Waals surface area contributed by atoms with Crippen LogP contribution in [0.3, 0.4) is 0 Å². The van der Waals surface area contributed by atoms with E-state index in [1.54, 1.807) is 10.9 Å². The summed E-state index contributed by atoms with van der Waals surface area (Å²) in [5, 5.41) is 4.27. The number of aromatic nitrogens is 4. The maximum atomic E-state index is 13.1. The Balaban J connectivity index is 1.53. The van der Waals surface area contributed by atoms with Crippen LogP contribution in [0.15, 0.2) is 113 Å². The van der Waals surface area contributed by atoms with Gasteiger partial charge in [0.15, 0.2) is 0 Å². The van der Waals surface area contributed by atoms with Gasteiger partial charge >= 0.3 is 5.69 Å². The highest BCUT2D eigenvalue weighted by atomic mass is 16.2. The van der Waals surface area contributed by atoms with Crippen LogP contribution in [-0.4, -0.2) is 19.3 Å². The SMILES string of the molecule is Nc1c(N(Cc2ccccc2)Cc2ccc(-n3cccn3)cc2)c(=O)[nH]c(=O)n1Cc1ccccc1. The molecule has 0 amide bonds. The molecule has 3 N–H and O–H groups in total. The molecule has 180 valence electrons. The topological polar surface area (TPSA) is 102 Å². The molecule has 36 heavy (non-hydrogen) atoms. The van der Waals surface area contributed by atoms with E-state index in [9.17, 15) is 9.59 Å². The Labute approximate surface area is 207 Å². The van der Waals surface area contributed by atoms with Crippen LogP contribution in [0.2, 0.25) is 0 Å². The highest BCUT2D eigenvalue weighted by molar-refractivity contribution is 5.63. The number of nitrogens with one attached hydrogen (secondary N) is 1. The second-order valence-corrected chi connectivity index (χ2v) is 8.52. The predicted octanol–water partition coefficient (Wildman–Crippen LogP) is 3.56. The van der Waals surface area contributed by atoms with Gasteiger partial charge in [0.25, 0.3) is 5.56 Å². The molecule has 3 aromatic carbocycles. The first-order valence-electron chi connectivity index (χ1n) is 11.6. The average Bonchev–Trinajstić information content (AvgIpc) is 3.43. The molecule has 0 aliphatic heterocycles. The molecule has 0 spiro atoms. The van der Waals surface area contributed by atoms with Crippen molar-refractivity contribution in [2.24, 2.45) is 0 Å². The highest BCUT2D eigenvalue weighted by Crippen LogP contribution is 2.23. The third-order valence-electron chi connectivity index (χ3n) is 6.01. The quantitative estimate of drug-likeness (QED) is 0.355. The molecule has 0 unspecified atom stereocenters. The summed E-state index contributed by atoms with van der Waals surface area (Å²) in [6.07, 6.45) is 3.61. The normalized spacial score (nSPS) is 10.9. The summed E-state index contributed by atoms with van der Waals surface area (Å²) in [5.41, 5.74) is 9.60. The van der Waals surface area contributed by atoms with Crippen LogP contribution in [0.4, 0.5) is 11.5 Å². The summed E-state index contributed by atoms with van der Waals surface area (Å²) in [4.78, 5) is 30.2. The summed E-state index contributed by atoms with van der Waals surface area (Å²) >= 11 is 0. The first-order valence-corrected chi connectivity index (χ1v) is 11.6. The molecular formula is C28H26N6O2. The fourth-order valence-corrected chi connectivity index (χ4v) is 4.22. The summed E-state index contributed by atoms with van der Waals surface area (Å²) in [6, 6.07) is 29.2. The van der Waals surface area contributed by atoms with Crippen molar-refractivity contribution in [2.75, 3.05) is 10.6 Å². The van der Waals surface area contributed by atoms with E-state index in [0.29, 0.717) is 13.1 Å². The Morgan fingerprint density at radius 2 is 1.39 bits per heavy atom. The molecule has 0 atom stereocenters. The van der Waals surface area contributed by atoms with Gasteiger partial charge in [-0.25, -0.2) is 9.48 Å². The second-order valence-electron chi connectivity index (χ2n) is 8.52. The standard InChI is InChI=1S/C28H26N6O2/c29-26-25(27(35)31-28(36)33(26)20-22-10-5-2-6-11-22)32(18-21-8-3-1-4-9-21)19-23-12-14-24(15-13-23)34-17-7-16-30-34/h1-17H,18-20,29H2,(H,31,35,36). The van der Waals surface area contributed by atoms with Crippen molar-refractivity contribution in [2.45, 2.75) is 19.6 Å². The number of nitrogens with two attached hydrogens (primary N) is 1. The minimum Gasteiger partial charge on any atom is -0.383 e. The molecule has 2 aromatic heterocycles. The number of H-pyrrole nitrogens is 1. The van der Waals surface area contributed by atoms with Gasteiger partial charge in [0.05, 0.1) is 12.2 Å². The molecule has 0 saturated carbocycles. The lowest BCUT2D eigenvalue weighted by atomic mass is 10.1. The summed E-state index contributed by atoms with van der Waals surface area (Å²) in [5.74, 6) is 0.136. The maximum Gasteiger partial charge on any atom is 0.330 e. The number of nitrogen functional groups attached to an aromatic ring is 1. The molecule has 8 heteroatoms. The van der Waals surface area contributed by atoms with E-state index >= 15 is 0 Å². The van der Waals surface area contributed by atoms with Gasteiger partial charge in [-0.2, -0.15) is 5.10 Å². The number of hydrogen-bond acceptors (Lipinski definition) is 5. The molecule has 0 aliphatic carbocycles. The Morgan fingerprint density at radius 1 is 0.778 bits per heavy atom. The molecule has 5 aromatic rings. The van der Waals surface area contributed by atoms with E-state index in [1.165, 1.54) is 4.57 Å². The lowest BCUT2D eigenvalue weighted by Gasteiger charge is -2.26. The van der Waals surface area contributed by atoms with Gasteiger partial charge in [0, 0.05) is 25.5 Å². The van der Waals surface area contributed by atoms with Gasteiger partial charge in [-0.05, 0) is 34.9 Å². The van der Waals surface area contributed by atoms with Crippen LogP contribution >= 0.6 is 0 Å². The first-order chi connectivity index (χ1) is 17.6. The Kier molecular flexibility index (Phi) is 6.48. The van der Waals surface area contributed by atoms with Gasteiger partial charge < -0.3 is 10.6 Å². The van der Waals surface area contributed by atoms with Gasteiger partial charge in [-0.3, -0.25) is 14.3 Å². The fourth-order valence-electron chi connectivity index (χ4n) is 4.22. The second kappa shape index (κ2) is 10.2. The summed E-state index contributed by atoms with van der Waals surface area (Å²) < 4.78 is 3.19. The number of anilines is 2. The van der Waals surface area contributed by atoms with Gasteiger partial charge in [-0.1, -0.05) is 72.8 Å². The van der Waals surface area contributed by atoms with E-state index in [4.69, 9.17) is 5.73 Å². The molecule has 0 bridgehead atoms. The van der Waals surface area contributed by atoms with Gasteiger partial charge in [-0.15, -0.1) is 0 Å². The molecule has 5 rings (SSSR count). The molecule has 0 fully saturated rings. The highest BCUT2D eigenvalue weighted by Gasteiger charge is 2.20. The number of nitrogens with zero attached hydrogens (tertiary/aromatic N) is 4. The zero-order chi connectivity index (χ0) is 24.9. The van der Waals surface area contributed by atoms with Crippen LogP contribution in [-0.2, 0) is 19.6 Å². The van der Waals surface area contributed by atoms with E-state index in [0.717, 1.165) is 22.4 Å². The zero-order valence-electron chi connectivity index (χ0n) is 19.6. The molecule has 0 aliphatic rings. The largest absolute Gasteiger partial charge is 0.383 e. The lowest BCUT2D eigenvalue weighted by molar-refractivity contribution is 0.712. The zero-order valence-corrected chi connectivity index (χ0v) is 19.6. The van der Waals surface area contributed by atoms with Crippen molar-refractivity contribution in [3.63, 3.8) is 0 Å². The van der Waals surface area contributed by atoms with Crippen molar-refractivity contribution < 1.29 is 0 Å². The lowest BCUT2D eigenvalue weighted by Crippen LogP contribution is -2.38.